The fraction of sp³-hybridized carbons (Fsp3) is 0.636. The molecule has 0 spiro atoms. The third-order valence-corrected chi connectivity index (χ3v) is 16.3. The van der Waals surface area contributed by atoms with Gasteiger partial charge in [-0.25, -0.2) is 0 Å². The molecule has 194 valence electrons. The van der Waals surface area contributed by atoms with Crippen molar-refractivity contribution in [3.8, 4) is 0 Å². The molecule has 2 fully saturated rings. The first-order chi connectivity index (χ1) is 16.8. The molecule has 0 aliphatic heterocycles. The molecule has 2 unspecified atom stereocenters. The molecule has 0 aromatic heterocycles. The first-order valence-corrected chi connectivity index (χ1v) is 19.4. The minimum Gasteiger partial charge on any atom is -0.0691 e. The first kappa shape index (κ1) is 28.7. The lowest BCUT2D eigenvalue weighted by atomic mass is 9.94. The Hall–Kier alpha value is -0.913. The minimum absolute atomic E-state index is 0.224. The SMILES string of the molecule is CC(C)C1CCCC1P(c1ccccc1)c1ccccc1.CC(C)CCC[Si](C)(C)C1CCCC1. The number of benzene rings is 2. The summed E-state index contributed by atoms with van der Waals surface area (Å²) >= 11 is 0. The summed E-state index contributed by atoms with van der Waals surface area (Å²) < 4.78 is 0. The monoisotopic (exact) mass is 508 g/mol. The highest BCUT2D eigenvalue weighted by Gasteiger charge is 2.36. The van der Waals surface area contributed by atoms with Crippen molar-refractivity contribution in [3.63, 3.8) is 0 Å². The summed E-state index contributed by atoms with van der Waals surface area (Å²) in [7, 11) is -1.06. The molecule has 2 aromatic carbocycles. The van der Waals surface area contributed by atoms with Crippen LogP contribution in [-0.2, 0) is 0 Å². The summed E-state index contributed by atoms with van der Waals surface area (Å²) in [4.78, 5) is 0. The minimum atomic E-state index is -0.837. The van der Waals surface area contributed by atoms with Gasteiger partial charge in [-0.3, -0.25) is 0 Å². The van der Waals surface area contributed by atoms with Crippen molar-refractivity contribution >= 4 is 26.6 Å². The zero-order valence-electron chi connectivity index (χ0n) is 23.7. The fourth-order valence-electron chi connectivity index (χ4n) is 6.65. The highest BCUT2D eigenvalue weighted by molar-refractivity contribution is 7.73. The van der Waals surface area contributed by atoms with Crippen molar-refractivity contribution < 1.29 is 0 Å². The molecule has 2 aliphatic carbocycles. The summed E-state index contributed by atoms with van der Waals surface area (Å²) in [5.74, 6) is 2.59. The number of hydrogen-bond donors (Lipinski definition) is 0. The van der Waals surface area contributed by atoms with Gasteiger partial charge in [-0.2, -0.15) is 0 Å². The predicted molar refractivity (Wildman–Crippen MR) is 164 cm³/mol. The molecule has 0 radical (unpaired) electrons. The lowest BCUT2D eigenvalue weighted by Gasteiger charge is -2.32. The Morgan fingerprint density at radius 2 is 1.29 bits per heavy atom. The topological polar surface area (TPSA) is 0 Å². The second kappa shape index (κ2) is 14.1. The van der Waals surface area contributed by atoms with Gasteiger partial charge in [-0.1, -0.05) is 152 Å². The average Bonchev–Trinajstić information content (AvgIpc) is 3.54. The first-order valence-electron chi connectivity index (χ1n) is 14.7. The van der Waals surface area contributed by atoms with Gasteiger partial charge in [0.05, 0.1) is 8.07 Å². The maximum atomic E-state index is 2.63. The molecule has 0 amide bonds. The molecule has 2 saturated carbocycles. The van der Waals surface area contributed by atoms with Gasteiger partial charge < -0.3 is 0 Å². The van der Waals surface area contributed by atoms with Crippen molar-refractivity contribution in [1.82, 2.24) is 0 Å². The van der Waals surface area contributed by atoms with Crippen LogP contribution in [0, 0.1) is 17.8 Å². The zero-order chi connectivity index (χ0) is 25.3. The molecule has 4 rings (SSSR count). The van der Waals surface area contributed by atoms with Crippen LogP contribution in [0.4, 0.5) is 0 Å². The van der Waals surface area contributed by atoms with Crippen molar-refractivity contribution in [2.75, 3.05) is 0 Å². The fourth-order valence-corrected chi connectivity index (χ4v) is 13.5. The van der Waals surface area contributed by atoms with Crippen LogP contribution in [-0.4, -0.2) is 13.7 Å². The van der Waals surface area contributed by atoms with Crippen LogP contribution in [0.3, 0.4) is 0 Å². The maximum Gasteiger partial charge on any atom is 0.0504 e. The third kappa shape index (κ3) is 8.57. The van der Waals surface area contributed by atoms with E-state index in [9.17, 15) is 0 Å². The Morgan fingerprint density at radius 1 is 0.743 bits per heavy atom. The molecule has 0 heterocycles. The van der Waals surface area contributed by atoms with Gasteiger partial charge in [0.15, 0.2) is 0 Å². The Morgan fingerprint density at radius 3 is 1.77 bits per heavy atom. The summed E-state index contributed by atoms with van der Waals surface area (Å²) in [6.07, 6.45) is 13.3. The number of rotatable bonds is 9. The van der Waals surface area contributed by atoms with Crippen LogP contribution in [0.15, 0.2) is 60.7 Å². The van der Waals surface area contributed by atoms with Gasteiger partial charge in [0.1, 0.15) is 0 Å². The van der Waals surface area contributed by atoms with E-state index >= 15 is 0 Å². The van der Waals surface area contributed by atoms with Crippen molar-refractivity contribution in [2.24, 2.45) is 17.8 Å². The van der Waals surface area contributed by atoms with Crippen LogP contribution in [0.25, 0.3) is 0 Å². The van der Waals surface area contributed by atoms with E-state index in [4.69, 9.17) is 0 Å². The second-order valence-corrected chi connectivity index (χ2v) is 20.4. The average molecular weight is 509 g/mol. The van der Waals surface area contributed by atoms with Crippen LogP contribution in [0.5, 0.6) is 0 Å². The van der Waals surface area contributed by atoms with Crippen molar-refractivity contribution in [3.05, 3.63) is 60.7 Å². The second-order valence-electron chi connectivity index (χ2n) is 12.7. The smallest absolute Gasteiger partial charge is 0.0504 e. The summed E-state index contributed by atoms with van der Waals surface area (Å²) in [5, 5.41) is 3.10. The van der Waals surface area contributed by atoms with Gasteiger partial charge in [0, 0.05) is 0 Å². The lowest BCUT2D eigenvalue weighted by Crippen LogP contribution is -2.30. The predicted octanol–water partition coefficient (Wildman–Crippen LogP) is 10.0. The largest absolute Gasteiger partial charge is 0.0691 e. The van der Waals surface area contributed by atoms with Crippen molar-refractivity contribution in [1.29, 1.82) is 0 Å². The lowest BCUT2D eigenvalue weighted by molar-refractivity contribution is 0.402. The number of hydrogen-bond acceptors (Lipinski definition) is 0. The van der Waals surface area contributed by atoms with Gasteiger partial charge in [-0.15, -0.1) is 0 Å². The molecule has 35 heavy (non-hydrogen) atoms. The third-order valence-electron chi connectivity index (χ3n) is 8.85. The zero-order valence-corrected chi connectivity index (χ0v) is 25.6. The van der Waals surface area contributed by atoms with E-state index in [1.165, 1.54) is 44.9 Å². The molecule has 0 bridgehead atoms. The molecular formula is C33H53PSi. The Labute approximate surface area is 220 Å². The molecule has 2 aromatic rings. The van der Waals surface area contributed by atoms with E-state index in [1.807, 2.05) is 0 Å². The molecule has 0 nitrogen and oxygen atoms in total. The van der Waals surface area contributed by atoms with E-state index < -0.39 is 8.07 Å². The normalized spacial score (nSPS) is 21.1. The van der Waals surface area contributed by atoms with Crippen LogP contribution in [0.2, 0.25) is 24.7 Å². The molecule has 2 heteroatoms. The van der Waals surface area contributed by atoms with Crippen LogP contribution in [0.1, 0.15) is 85.5 Å². The summed E-state index contributed by atoms with van der Waals surface area (Å²) in [6.45, 7) is 14.8. The van der Waals surface area contributed by atoms with Gasteiger partial charge in [0.2, 0.25) is 0 Å². The summed E-state index contributed by atoms with van der Waals surface area (Å²) in [5.41, 5.74) is 2.01. The molecule has 0 saturated heterocycles. The van der Waals surface area contributed by atoms with E-state index in [-0.39, 0.29) is 7.92 Å². The molecule has 0 N–H and O–H groups in total. The summed E-state index contributed by atoms with van der Waals surface area (Å²) in [6, 6.07) is 24.0. The van der Waals surface area contributed by atoms with Crippen LogP contribution >= 0.6 is 7.92 Å². The van der Waals surface area contributed by atoms with E-state index in [0.29, 0.717) is 0 Å². The maximum absolute atomic E-state index is 2.63. The molecule has 2 aliphatic rings. The van der Waals surface area contributed by atoms with Gasteiger partial charge >= 0.3 is 0 Å². The van der Waals surface area contributed by atoms with Crippen molar-refractivity contribution in [2.45, 2.75) is 116 Å². The molecule has 2 atom stereocenters. The van der Waals surface area contributed by atoms with Gasteiger partial charge in [-0.05, 0) is 60.3 Å². The Kier molecular flexibility index (Phi) is 11.6. The standard InChI is InChI=1S/C20H25P.C13H28Si/c1-16(2)19-14-9-15-20(19)21(17-10-5-3-6-11-17)18-12-7-4-8-13-18;1-12(2)8-7-11-14(3,4)13-9-5-6-10-13/h3-8,10-13,16,19-20H,9,14-15H2,1-2H3;12-13H,5-11H2,1-4H3. The Balaban J connectivity index is 0.000000214. The van der Waals surface area contributed by atoms with E-state index in [1.54, 1.807) is 29.5 Å². The Bertz CT molecular complexity index is 783. The van der Waals surface area contributed by atoms with E-state index in [2.05, 4.69) is 101 Å². The van der Waals surface area contributed by atoms with E-state index in [0.717, 1.165) is 29.0 Å². The van der Waals surface area contributed by atoms with Crippen LogP contribution < -0.4 is 10.6 Å². The van der Waals surface area contributed by atoms with Gasteiger partial charge in [0.25, 0.3) is 0 Å². The highest BCUT2D eigenvalue weighted by atomic mass is 31.1. The highest BCUT2D eigenvalue weighted by Crippen LogP contribution is 2.52. The quantitative estimate of drug-likeness (QED) is 0.233. The molecular weight excluding hydrogens is 455 g/mol.